The van der Waals surface area contributed by atoms with Crippen LogP contribution >= 0.6 is 34.8 Å². The molecular weight excluding hydrogens is 485 g/mol. The SMILES string of the molecule is Cc1cccc(C)c1OCc1ccc(C(=O)Nc2nn(Cc3c(Cl)cccc3Cl)cc2Cl)o1. The van der Waals surface area contributed by atoms with E-state index in [2.05, 4.69) is 10.4 Å². The van der Waals surface area contributed by atoms with Gasteiger partial charge in [-0.2, -0.15) is 5.10 Å². The quantitative estimate of drug-likeness (QED) is 0.296. The molecule has 2 heterocycles. The second-order valence-corrected chi connectivity index (χ2v) is 8.67. The topological polar surface area (TPSA) is 69.3 Å². The van der Waals surface area contributed by atoms with Gasteiger partial charge in [0, 0.05) is 21.8 Å². The molecule has 4 rings (SSSR count). The van der Waals surface area contributed by atoms with Gasteiger partial charge in [-0.3, -0.25) is 9.48 Å². The van der Waals surface area contributed by atoms with Crippen LogP contribution in [-0.4, -0.2) is 15.7 Å². The van der Waals surface area contributed by atoms with Crippen LogP contribution in [0.1, 0.15) is 33.0 Å². The third-order valence-electron chi connectivity index (χ3n) is 4.98. The molecule has 0 saturated heterocycles. The molecule has 0 aliphatic heterocycles. The lowest BCUT2D eigenvalue weighted by atomic mass is 10.1. The molecule has 2 aromatic heterocycles. The highest BCUT2D eigenvalue weighted by molar-refractivity contribution is 6.36. The summed E-state index contributed by atoms with van der Waals surface area (Å²) in [5, 5.41) is 8.30. The highest BCUT2D eigenvalue weighted by Gasteiger charge is 2.17. The van der Waals surface area contributed by atoms with E-state index in [9.17, 15) is 4.79 Å². The number of halogens is 3. The summed E-state index contributed by atoms with van der Waals surface area (Å²) >= 11 is 18.7. The van der Waals surface area contributed by atoms with Gasteiger partial charge in [-0.15, -0.1) is 0 Å². The molecule has 0 radical (unpaired) electrons. The van der Waals surface area contributed by atoms with Crippen LogP contribution < -0.4 is 10.1 Å². The van der Waals surface area contributed by atoms with Crippen LogP contribution in [0.15, 0.2) is 59.1 Å². The predicted molar refractivity (Wildman–Crippen MR) is 130 cm³/mol. The molecule has 9 heteroatoms. The van der Waals surface area contributed by atoms with Gasteiger partial charge in [-0.05, 0) is 49.2 Å². The first-order chi connectivity index (χ1) is 15.8. The summed E-state index contributed by atoms with van der Waals surface area (Å²) in [6.45, 7) is 4.46. The Labute approximate surface area is 206 Å². The van der Waals surface area contributed by atoms with E-state index in [1.54, 1.807) is 41.2 Å². The largest absolute Gasteiger partial charge is 0.485 e. The summed E-state index contributed by atoms with van der Waals surface area (Å²) in [7, 11) is 0. The van der Waals surface area contributed by atoms with Crippen molar-refractivity contribution in [1.29, 1.82) is 0 Å². The number of ether oxygens (including phenoxy) is 1. The predicted octanol–water partition coefficient (Wildman–Crippen LogP) is 6.93. The minimum absolute atomic E-state index is 0.120. The number of anilines is 1. The fraction of sp³-hybridized carbons (Fsp3) is 0.167. The molecule has 0 aliphatic rings. The summed E-state index contributed by atoms with van der Waals surface area (Å²) in [6, 6.07) is 14.5. The Bertz CT molecular complexity index is 1270. The summed E-state index contributed by atoms with van der Waals surface area (Å²) in [4.78, 5) is 12.6. The standard InChI is InChI=1S/C24H20Cl3N3O3/c1-14-5-3-6-15(2)22(14)32-13-16-9-10-21(33-16)24(31)28-23-20(27)12-30(29-23)11-17-18(25)7-4-8-19(17)26/h3-10,12H,11,13H2,1-2H3,(H,28,29,31). The van der Waals surface area contributed by atoms with Gasteiger partial charge in [0.1, 0.15) is 23.1 Å². The van der Waals surface area contributed by atoms with E-state index in [0.29, 0.717) is 27.9 Å². The molecule has 0 fully saturated rings. The van der Waals surface area contributed by atoms with E-state index in [4.69, 9.17) is 44.0 Å². The molecule has 0 aliphatic carbocycles. The Kier molecular flexibility index (Phi) is 6.98. The molecule has 2 aromatic carbocycles. The number of furan rings is 1. The molecule has 170 valence electrons. The number of nitrogens with one attached hydrogen (secondary N) is 1. The molecule has 33 heavy (non-hydrogen) atoms. The number of aromatic nitrogens is 2. The van der Waals surface area contributed by atoms with Crippen LogP contribution in [0.25, 0.3) is 0 Å². The molecule has 0 spiro atoms. The fourth-order valence-corrected chi connectivity index (χ4v) is 4.04. The number of rotatable bonds is 7. The molecule has 0 saturated carbocycles. The van der Waals surface area contributed by atoms with Gasteiger partial charge in [-0.25, -0.2) is 0 Å². The van der Waals surface area contributed by atoms with Crippen LogP contribution in [0.5, 0.6) is 5.75 Å². The van der Waals surface area contributed by atoms with E-state index in [1.165, 1.54) is 0 Å². The number of amides is 1. The lowest BCUT2D eigenvalue weighted by Crippen LogP contribution is -2.12. The Morgan fingerprint density at radius 2 is 1.67 bits per heavy atom. The maximum Gasteiger partial charge on any atom is 0.292 e. The maximum absolute atomic E-state index is 12.6. The van der Waals surface area contributed by atoms with Gasteiger partial charge in [0.25, 0.3) is 5.91 Å². The van der Waals surface area contributed by atoms with Crippen LogP contribution in [0.4, 0.5) is 5.82 Å². The number of benzene rings is 2. The number of aryl methyl sites for hydroxylation is 2. The van der Waals surface area contributed by atoms with Crippen molar-refractivity contribution in [2.24, 2.45) is 0 Å². The van der Waals surface area contributed by atoms with Gasteiger partial charge in [0.2, 0.25) is 0 Å². The first-order valence-corrected chi connectivity index (χ1v) is 11.2. The fourth-order valence-electron chi connectivity index (χ4n) is 3.32. The van der Waals surface area contributed by atoms with Gasteiger partial charge in [0.05, 0.1) is 6.54 Å². The normalized spacial score (nSPS) is 10.9. The summed E-state index contributed by atoms with van der Waals surface area (Å²) in [5.74, 6) is 1.17. The van der Waals surface area contributed by atoms with Crippen molar-refractivity contribution >= 4 is 46.5 Å². The van der Waals surface area contributed by atoms with E-state index in [0.717, 1.165) is 16.9 Å². The van der Waals surface area contributed by atoms with Crippen LogP contribution in [0, 0.1) is 13.8 Å². The lowest BCUT2D eigenvalue weighted by Gasteiger charge is -2.10. The number of hydrogen-bond acceptors (Lipinski definition) is 4. The Morgan fingerprint density at radius 1 is 1.00 bits per heavy atom. The number of carbonyl (C=O) groups excluding carboxylic acids is 1. The first kappa shape index (κ1) is 23.2. The second-order valence-electron chi connectivity index (χ2n) is 7.45. The average Bonchev–Trinajstić information content (AvgIpc) is 3.37. The highest BCUT2D eigenvalue weighted by atomic mass is 35.5. The lowest BCUT2D eigenvalue weighted by molar-refractivity contribution is 0.0992. The van der Waals surface area contributed by atoms with Crippen molar-refractivity contribution in [3.8, 4) is 5.75 Å². The van der Waals surface area contributed by atoms with Gasteiger partial charge in [0.15, 0.2) is 11.6 Å². The van der Waals surface area contributed by atoms with E-state index >= 15 is 0 Å². The zero-order valence-electron chi connectivity index (χ0n) is 17.9. The van der Waals surface area contributed by atoms with Gasteiger partial charge < -0.3 is 14.5 Å². The van der Waals surface area contributed by atoms with Crippen molar-refractivity contribution in [3.63, 3.8) is 0 Å². The minimum atomic E-state index is -0.476. The van der Waals surface area contributed by atoms with Crippen molar-refractivity contribution in [2.75, 3.05) is 5.32 Å². The summed E-state index contributed by atoms with van der Waals surface area (Å²) in [5.41, 5.74) is 2.77. The van der Waals surface area contributed by atoms with Crippen molar-refractivity contribution in [2.45, 2.75) is 27.0 Å². The first-order valence-electron chi connectivity index (χ1n) is 10.1. The average molecular weight is 505 g/mol. The Hall–Kier alpha value is -2.93. The maximum atomic E-state index is 12.6. The number of para-hydroxylation sites is 1. The van der Waals surface area contributed by atoms with Crippen molar-refractivity contribution in [3.05, 3.63) is 98.0 Å². The molecule has 1 N–H and O–H groups in total. The third kappa shape index (κ3) is 5.36. The van der Waals surface area contributed by atoms with Gasteiger partial charge >= 0.3 is 0 Å². The van der Waals surface area contributed by atoms with Crippen LogP contribution in [0.3, 0.4) is 0 Å². The minimum Gasteiger partial charge on any atom is -0.485 e. The smallest absolute Gasteiger partial charge is 0.292 e. The molecule has 0 atom stereocenters. The number of hydrogen-bond donors (Lipinski definition) is 1. The van der Waals surface area contributed by atoms with Crippen LogP contribution in [-0.2, 0) is 13.2 Å². The zero-order chi connectivity index (χ0) is 23.5. The molecular formula is C24H20Cl3N3O3. The number of carbonyl (C=O) groups is 1. The van der Waals surface area contributed by atoms with E-state index in [1.807, 2.05) is 32.0 Å². The van der Waals surface area contributed by atoms with Crippen molar-refractivity contribution in [1.82, 2.24) is 9.78 Å². The second kappa shape index (κ2) is 9.91. The highest BCUT2D eigenvalue weighted by Crippen LogP contribution is 2.27. The third-order valence-corrected chi connectivity index (χ3v) is 5.97. The van der Waals surface area contributed by atoms with E-state index in [-0.39, 0.29) is 23.2 Å². The summed E-state index contributed by atoms with van der Waals surface area (Å²) < 4.78 is 13.1. The molecule has 1 amide bonds. The zero-order valence-corrected chi connectivity index (χ0v) is 20.1. The molecule has 0 unspecified atom stereocenters. The van der Waals surface area contributed by atoms with Crippen molar-refractivity contribution < 1.29 is 13.9 Å². The Morgan fingerprint density at radius 3 is 2.36 bits per heavy atom. The molecule has 4 aromatic rings. The number of nitrogens with zero attached hydrogens (tertiary/aromatic N) is 2. The Balaban J connectivity index is 1.41. The monoisotopic (exact) mass is 503 g/mol. The van der Waals surface area contributed by atoms with Gasteiger partial charge in [-0.1, -0.05) is 59.1 Å². The van der Waals surface area contributed by atoms with E-state index < -0.39 is 5.91 Å². The molecule has 0 bridgehead atoms. The van der Waals surface area contributed by atoms with Crippen LogP contribution in [0.2, 0.25) is 15.1 Å². The summed E-state index contributed by atoms with van der Waals surface area (Å²) in [6.07, 6.45) is 1.59. The molecule has 6 nitrogen and oxygen atoms in total.